The second-order valence-electron chi connectivity index (χ2n) is 3.38. The summed E-state index contributed by atoms with van der Waals surface area (Å²) in [5.74, 6) is 0. The number of hydrogen-bond acceptors (Lipinski definition) is 5. The molecule has 0 unspecified atom stereocenters. The Labute approximate surface area is 98.4 Å². The van der Waals surface area contributed by atoms with Crippen molar-refractivity contribution >= 4 is 21.4 Å². The van der Waals surface area contributed by atoms with Gasteiger partial charge >= 0.3 is 0 Å². The van der Waals surface area contributed by atoms with E-state index < -0.39 is 25.5 Å². The number of nitrogens with one attached hydrogen (secondary N) is 1. The van der Waals surface area contributed by atoms with Crippen molar-refractivity contribution in [2.75, 3.05) is 0 Å². The lowest BCUT2D eigenvalue weighted by atomic mass is 10.3. The number of rotatable bonds is 4. The number of sulfonamides is 1. The lowest BCUT2D eigenvalue weighted by Crippen LogP contribution is -2.20. The molecule has 1 aromatic carbocycles. The Hall–Kier alpha value is -1.96. The third kappa shape index (κ3) is 3.25. The molecule has 0 aromatic heterocycles. The van der Waals surface area contributed by atoms with Gasteiger partial charge < -0.3 is 0 Å². The summed E-state index contributed by atoms with van der Waals surface area (Å²) in [6, 6.07) is 5.08. The zero-order valence-electron chi connectivity index (χ0n) is 9.25. The van der Waals surface area contributed by atoms with Gasteiger partial charge in [-0.25, -0.2) is 0 Å². The molecule has 0 amide bonds. The number of nitro groups is 1. The highest BCUT2D eigenvalue weighted by molar-refractivity contribution is 7.89. The summed E-state index contributed by atoms with van der Waals surface area (Å²) in [7, 11) is -4.01. The van der Waals surface area contributed by atoms with Gasteiger partial charge in [-0.15, -0.1) is 0 Å². The molecule has 17 heavy (non-hydrogen) atoms. The Morgan fingerprint density at radius 3 is 2.47 bits per heavy atom. The lowest BCUT2D eigenvalue weighted by Gasteiger charge is -2.04. The van der Waals surface area contributed by atoms with Crippen LogP contribution in [0.5, 0.6) is 0 Å². The first kappa shape index (κ1) is 13.1. The molecule has 7 nitrogen and oxygen atoms in total. The summed E-state index contributed by atoms with van der Waals surface area (Å²) in [5, 5.41) is 14.2. The van der Waals surface area contributed by atoms with Crippen molar-refractivity contribution in [1.82, 2.24) is 4.83 Å². The zero-order chi connectivity index (χ0) is 13.1. The second kappa shape index (κ2) is 4.91. The van der Waals surface area contributed by atoms with Crippen molar-refractivity contribution in [3.63, 3.8) is 0 Å². The second-order valence-corrected chi connectivity index (χ2v) is 5.01. The molecule has 1 N–H and O–H groups in total. The molecule has 8 heteroatoms. The minimum atomic E-state index is -4.01. The predicted molar refractivity (Wildman–Crippen MR) is 62.2 cm³/mol. The Morgan fingerprint density at radius 2 is 1.94 bits per heavy atom. The van der Waals surface area contributed by atoms with Crippen LogP contribution in [-0.2, 0) is 10.0 Å². The van der Waals surface area contributed by atoms with Crippen molar-refractivity contribution in [2.45, 2.75) is 18.7 Å². The first-order valence-corrected chi connectivity index (χ1v) is 6.09. The highest BCUT2D eigenvalue weighted by Gasteiger charge is 2.24. The summed E-state index contributed by atoms with van der Waals surface area (Å²) < 4.78 is 23.5. The molecule has 0 bridgehead atoms. The van der Waals surface area contributed by atoms with Gasteiger partial charge in [0.05, 0.1) is 4.92 Å². The molecule has 1 aromatic rings. The number of hydrazone groups is 1. The molecule has 92 valence electrons. The fourth-order valence-corrected chi connectivity index (χ4v) is 2.11. The zero-order valence-corrected chi connectivity index (χ0v) is 10.1. The predicted octanol–water partition coefficient (Wildman–Crippen LogP) is 1.27. The fraction of sp³-hybridized carbons (Fsp3) is 0.222. The molecule has 1 rings (SSSR count). The van der Waals surface area contributed by atoms with Gasteiger partial charge in [0, 0.05) is 11.8 Å². The van der Waals surface area contributed by atoms with Crippen molar-refractivity contribution in [1.29, 1.82) is 0 Å². The normalized spacial score (nSPS) is 10.7. The maximum Gasteiger partial charge on any atom is 0.289 e. The first-order valence-electron chi connectivity index (χ1n) is 4.60. The van der Waals surface area contributed by atoms with Crippen LogP contribution in [0.1, 0.15) is 13.8 Å². The van der Waals surface area contributed by atoms with Crippen LogP contribution in [0.15, 0.2) is 34.3 Å². The molecular weight excluding hydrogens is 246 g/mol. The highest BCUT2D eigenvalue weighted by Crippen LogP contribution is 2.22. The van der Waals surface area contributed by atoms with Crippen molar-refractivity contribution in [3.05, 3.63) is 34.4 Å². The van der Waals surface area contributed by atoms with E-state index in [9.17, 15) is 18.5 Å². The summed E-state index contributed by atoms with van der Waals surface area (Å²) in [5.41, 5.74) is 0.0103. The topological polar surface area (TPSA) is 102 Å². The van der Waals surface area contributed by atoms with Gasteiger partial charge in [-0.3, -0.25) is 10.1 Å². The third-order valence-corrected chi connectivity index (χ3v) is 3.00. The van der Waals surface area contributed by atoms with E-state index in [1.165, 1.54) is 12.1 Å². The van der Waals surface area contributed by atoms with Crippen molar-refractivity contribution < 1.29 is 13.3 Å². The maximum atomic E-state index is 11.7. The van der Waals surface area contributed by atoms with Crippen LogP contribution >= 0.6 is 0 Å². The van der Waals surface area contributed by atoms with E-state index in [0.29, 0.717) is 5.71 Å². The quantitative estimate of drug-likeness (QED) is 0.498. The van der Waals surface area contributed by atoms with E-state index in [2.05, 4.69) is 5.10 Å². The summed E-state index contributed by atoms with van der Waals surface area (Å²) in [6.45, 7) is 3.20. The van der Waals surface area contributed by atoms with Gasteiger partial charge in [0.2, 0.25) is 0 Å². The first-order chi connectivity index (χ1) is 7.84. The van der Waals surface area contributed by atoms with Gasteiger partial charge in [0.1, 0.15) is 0 Å². The number of hydrogen-bond donors (Lipinski definition) is 1. The SMILES string of the molecule is CC(C)=NNS(=O)(=O)c1ccccc1[N+](=O)[O-]. The number of nitrogens with zero attached hydrogens (tertiary/aromatic N) is 2. The van der Waals surface area contributed by atoms with E-state index in [1.54, 1.807) is 13.8 Å². The third-order valence-electron chi connectivity index (χ3n) is 1.74. The van der Waals surface area contributed by atoms with E-state index in [4.69, 9.17) is 0 Å². The van der Waals surface area contributed by atoms with Crippen LogP contribution in [0.4, 0.5) is 5.69 Å². The van der Waals surface area contributed by atoms with Crippen LogP contribution in [0.25, 0.3) is 0 Å². The standard InChI is InChI=1S/C9H11N3O4S/c1-7(2)10-11-17(15,16)9-6-4-3-5-8(9)12(13)14/h3-6,11H,1-2H3. The highest BCUT2D eigenvalue weighted by atomic mass is 32.2. The Balaban J connectivity index is 3.24. The van der Waals surface area contributed by atoms with Crippen LogP contribution < -0.4 is 4.83 Å². The Bertz CT molecular complexity index is 561. The largest absolute Gasteiger partial charge is 0.289 e. The van der Waals surface area contributed by atoms with E-state index in [-0.39, 0.29) is 0 Å². The van der Waals surface area contributed by atoms with Gasteiger partial charge in [0.15, 0.2) is 4.90 Å². The molecule has 0 atom stereocenters. The van der Waals surface area contributed by atoms with Crippen molar-refractivity contribution in [3.8, 4) is 0 Å². The molecule has 0 aliphatic heterocycles. The van der Waals surface area contributed by atoms with Gasteiger partial charge in [0.25, 0.3) is 15.7 Å². The average molecular weight is 257 g/mol. The fourth-order valence-electron chi connectivity index (χ4n) is 1.04. The molecule has 0 aliphatic carbocycles. The van der Waals surface area contributed by atoms with Crippen molar-refractivity contribution in [2.24, 2.45) is 5.10 Å². The van der Waals surface area contributed by atoms with Gasteiger partial charge in [-0.1, -0.05) is 12.1 Å². The molecule has 0 radical (unpaired) electrons. The van der Waals surface area contributed by atoms with Crippen LogP contribution in [0, 0.1) is 10.1 Å². The summed E-state index contributed by atoms with van der Waals surface area (Å²) >= 11 is 0. The Morgan fingerprint density at radius 1 is 1.35 bits per heavy atom. The van der Waals surface area contributed by atoms with Crippen LogP contribution in [0.3, 0.4) is 0 Å². The lowest BCUT2D eigenvalue weighted by molar-refractivity contribution is -0.387. The van der Waals surface area contributed by atoms with Gasteiger partial charge in [-0.05, 0) is 19.9 Å². The summed E-state index contributed by atoms with van der Waals surface area (Å²) in [6.07, 6.45) is 0. The molecular formula is C9H11N3O4S. The van der Waals surface area contributed by atoms with E-state index in [1.807, 2.05) is 4.83 Å². The molecule has 0 aliphatic rings. The van der Waals surface area contributed by atoms with E-state index in [0.717, 1.165) is 12.1 Å². The minimum absolute atomic E-state index is 0.407. The Kier molecular flexibility index (Phi) is 3.79. The van der Waals surface area contributed by atoms with Crippen LogP contribution in [-0.4, -0.2) is 19.1 Å². The molecule has 0 saturated carbocycles. The minimum Gasteiger partial charge on any atom is -0.258 e. The molecule has 0 heterocycles. The average Bonchev–Trinajstić information content (AvgIpc) is 2.26. The molecule has 0 spiro atoms. The smallest absolute Gasteiger partial charge is 0.258 e. The molecule has 0 saturated heterocycles. The number of para-hydroxylation sites is 1. The summed E-state index contributed by atoms with van der Waals surface area (Å²) in [4.78, 5) is 11.4. The van der Waals surface area contributed by atoms with Crippen LogP contribution in [0.2, 0.25) is 0 Å². The monoisotopic (exact) mass is 257 g/mol. The number of nitro benzene ring substituents is 1. The van der Waals surface area contributed by atoms with E-state index >= 15 is 0 Å². The maximum absolute atomic E-state index is 11.7. The van der Waals surface area contributed by atoms with Gasteiger partial charge in [-0.2, -0.15) is 18.4 Å². The number of benzene rings is 1. The molecule has 0 fully saturated rings.